The Morgan fingerprint density at radius 1 is 0.892 bits per heavy atom. The minimum atomic E-state index is -0.813. The van der Waals surface area contributed by atoms with Crippen molar-refractivity contribution in [1.29, 1.82) is 0 Å². The van der Waals surface area contributed by atoms with Gasteiger partial charge in [0.1, 0.15) is 11.8 Å². The van der Waals surface area contributed by atoms with E-state index < -0.39 is 18.0 Å². The van der Waals surface area contributed by atoms with Crippen LogP contribution in [0.5, 0.6) is 5.75 Å². The van der Waals surface area contributed by atoms with Gasteiger partial charge in [-0.15, -0.1) is 0 Å². The second kappa shape index (κ2) is 14.3. The number of aromatic hydroxyl groups is 1. The zero-order chi connectivity index (χ0) is 27.4. The molecule has 0 radical (unpaired) electrons. The van der Waals surface area contributed by atoms with E-state index >= 15 is 0 Å². The third-order valence-corrected chi connectivity index (χ3v) is 6.48. The highest BCUT2D eigenvalue weighted by Gasteiger charge is 2.25. The first-order valence-electron chi connectivity index (χ1n) is 12.7. The number of phenolic OH excluding ortho intramolecular Hbond substituents is 1. The molecule has 2 rings (SSSR count). The summed E-state index contributed by atoms with van der Waals surface area (Å²) in [7, 11) is 5.91. The van der Waals surface area contributed by atoms with Crippen LogP contribution in [0.15, 0.2) is 54.6 Å². The molecule has 0 saturated carbocycles. The lowest BCUT2D eigenvalue weighted by Crippen LogP contribution is -2.55. The van der Waals surface area contributed by atoms with Crippen LogP contribution in [-0.4, -0.2) is 86.2 Å². The van der Waals surface area contributed by atoms with Crippen molar-refractivity contribution in [3.05, 3.63) is 65.7 Å². The summed E-state index contributed by atoms with van der Waals surface area (Å²) in [6, 6.07) is 15.2. The van der Waals surface area contributed by atoms with Crippen LogP contribution in [0.4, 0.5) is 0 Å². The van der Waals surface area contributed by atoms with Gasteiger partial charge in [-0.1, -0.05) is 42.5 Å². The normalized spacial score (nSPS) is 13.8. The van der Waals surface area contributed by atoms with Gasteiger partial charge in [0.2, 0.25) is 17.7 Å². The minimum absolute atomic E-state index is 0.0878. The summed E-state index contributed by atoms with van der Waals surface area (Å²) in [6.07, 6.45) is 1.09. The molecule has 3 atom stereocenters. The fourth-order valence-electron chi connectivity index (χ4n) is 3.96. The first-order valence-corrected chi connectivity index (χ1v) is 12.7. The molecule has 202 valence electrons. The van der Waals surface area contributed by atoms with Gasteiger partial charge in [0.05, 0.1) is 45.8 Å². The lowest BCUT2D eigenvalue weighted by atomic mass is 10.0. The van der Waals surface area contributed by atoms with Gasteiger partial charge in [-0.25, -0.2) is 0 Å². The van der Waals surface area contributed by atoms with Crippen LogP contribution in [0, 0.1) is 0 Å². The standard InChI is InChI=1S/C28H41N5O4/c1-6-33(4,5)19-23(16-21-10-8-7-9-11-21)32-26(35)18-30-27(36)20(2)31-28(37)25(29-3)17-22-12-14-24(34)15-13-22/h7-15,20,23,25,29H,6,16-19H2,1-5H3,(H3-,30,31,32,34,35,36,37)/p+1/t20-,23?,25+/m1/s1. The Balaban J connectivity index is 1.87. The fourth-order valence-corrected chi connectivity index (χ4v) is 3.96. The number of hydrogen-bond donors (Lipinski definition) is 5. The highest BCUT2D eigenvalue weighted by atomic mass is 16.3. The molecule has 37 heavy (non-hydrogen) atoms. The topological polar surface area (TPSA) is 120 Å². The third kappa shape index (κ3) is 10.6. The van der Waals surface area contributed by atoms with Gasteiger partial charge < -0.3 is 30.9 Å². The monoisotopic (exact) mass is 512 g/mol. The first-order chi connectivity index (χ1) is 17.5. The number of carbonyl (C=O) groups excluding carboxylic acids is 3. The number of quaternary nitrogens is 1. The molecule has 0 spiro atoms. The molecule has 0 saturated heterocycles. The smallest absolute Gasteiger partial charge is 0.242 e. The maximum absolute atomic E-state index is 12.7. The molecule has 0 aliphatic heterocycles. The molecule has 0 bridgehead atoms. The van der Waals surface area contributed by atoms with Crippen LogP contribution in [0.25, 0.3) is 0 Å². The van der Waals surface area contributed by atoms with Crippen molar-refractivity contribution in [2.45, 2.75) is 44.8 Å². The number of benzene rings is 2. The predicted octanol–water partition coefficient (Wildman–Crippen LogP) is 0.967. The quantitative estimate of drug-likeness (QED) is 0.242. The number of nitrogens with one attached hydrogen (secondary N) is 4. The van der Waals surface area contributed by atoms with Crippen LogP contribution >= 0.6 is 0 Å². The van der Waals surface area contributed by atoms with Crippen molar-refractivity contribution in [3.63, 3.8) is 0 Å². The fraction of sp³-hybridized carbons (Fsp3) is 0.464. The van der Waals surface area contributed by atoms with Crippen molar-refractivity contribution in [2.24, 2.45) is 0 Å². The van der Waals surface area contributed by atoms with Gasteiger partial charge in [0, 0.05) is 0 Å². The Kier molecular flexibility index (Phi) is 11.6. The highest BCUT2D eigenvalue weighted by Crippen LogP contribution is 2.11. The number of phenols is 1. The highest BCUT2D eigenvalue weighted by molar-refractivity contribution is 5.91. The third-order valence-electron chi connectivity index (χ3n) is 6.48. The van der Waals surface area contributed by atoms with Gasteiger partial charge in [0.25, 0.3) is 0 Å². The second-order valence-corrected chi connectivity index (χ2v) is 10.0. The lowest BCUT2D eigenvalue weighted by Gasteiger charge is -2.33. The molecule has 1 unspecified atom stereocenters. The number of rotatable bonds is 14. The van der Waals surface area contributed by atoms with E-state index in [0.717, 1.165) is 28.7 Å². The molecular weight excluding hydrogens is 470 g/mol. The summed E-state index contributed by atoms with van der Waals surface area (Å²) < 4.78 is 0.754. The van der Waals surface area contributed by atoms with Crippen molar-refractivity contribution in [2.75, 3.05) is 40.8 Å². The molecule has 0 fully saturated rings. The van der Waals surface area contributed by atoms with E-state index in [1.165, 1.54) is 0 Å². The van der Waals surface area contributed by atoms with E-state index in [9.17, 15) is 19.5 Å². The summed E-state index contributed by atoms with van der Waals surface area (Å²) >= 11 is 0. The van der Waals surface area contributed by atoms with Crippen LogP contribution in [0.1, 0.15) is 25.0 Å². The average Bonchev–Trinajstić information content (AvgIpc) is 2.87. The molecule has 0 aliphatic rings. The summed E-state index contributed by atoms with van der Waals surface area (Å²) in [4.78, 5) is 38.0. The summed E-state index contributed by atoms with van der Waals surface area (Å²) in [5.74, 6) is -0.884. The lowest BCUT2D eigenvalue weighted by molar-refractivity contribution is -0.889. The van der Waals surface area contributed by atoms with E-state index in [1.807, 2.05) is 30.3 Å². The summed E-state index contributed by atoms with van der Waals surface area (Å²) in [6.45, 7) is 5.20. The molecule has 2 aromatic rings. The largest absolute Gasteiger partial charge is 0.508 e. The number of hydrogen-bond acceptors (Lipinski definition) is 5. The van der Waals surface area contributed by atoms with Crippen LogP contribution < -0.4 is 21.3 Å². The maximum atomic E-state index is 12.7. The van der Waals surface area contributed by atoms with Gasteiger partial charge >= 0.3 is 0 Å². The number of nitrogens with zero attached hydrogens (tertiary/aromatic N) is 1. The predicted molar refractivity (Wildman–Crippen MR) is 145 cm³/mol. The molecule has 5 N–H and O–H groups in total. The Labute approximate surface area is 220 Å². The summed E-state index contributed by atoms with van der Waals surface area (Å²) in [5, 5.41) is 20.8. The minimum Gasteiger partial charge on any atom is -0.508 e. The molecule has 0 aromatic heterocycles. The van der Waals surface area contributed by atoms with Crippen molar-refractivity contribution in [3.8, 4) is 5.75 Å². The molecule has 9 nitrogen and oxygen atoms in total. The number of likely N-dealkylation sites (N-methyl/N-ethyl adjacent to an activating group) is 2. The molecular formula is C28H42N5O4+. The molecule has 0 aliphatic carbocycles. The van der Waals surface area contributed by atoms with Gasteiger partial charge in [-0.2, -0.15) is 0 Å². The first kappa shape index (κ1) is 29.8. The second-order valence-electron chi connectivity index (χ2n) is 10.0. The van der Waals surface area contributed by atoms with Gasteiger partial charge in [-0.05, 0) is 57.0 Å². The number of amides is 3. The maximum Gasteiger partial charge on any atom is 0.242 e. The van der Waals surface area contributed by atoms with E-state index in [-0.39, 0.29) is 30.2 Å². The van der Waals surface area contributed by atoms with Gasteiger partial charge in [0.15, 0.2) is 0 Å². The van der Waals surface area contributed by atoms with E-state index in [1.54, 1.807) is 38.2 Å². The van der Waals surface area contributed by atoms with Crippen molar-refractivity contribution < 1.29 is 24.0 Å². The zero-order valence-corrected chi connectivity index (χ0v) is 22.6. The Morgan fingerprint density at radius 3 is 2.11 bits per heavy atom. The summed E-state index contributed by atoms with van der Waals surface area (Å²) in [5.41, 5.74) is 2.01. The SMILES string of the molecule is CC[N+](C)(C)CC(Cc1ccccc1)NC(=O)CNC(=O)[C@@H](C)NC(=O)[C@H](Cc1ccc(O)cc1)NC. The van der Waals surface area contributed by atoms with Crippen LogP contribution in [0.2, 0.25) is 0 Å². The van der Waals surface area contributed by atoms with Crippen LogP contribution in [0.3, 0.4) is 0 Å². The molecule has 3 amide bonds. The van der Waals surface area contributed by atoms with E-state index in [0.29, 0.717) is 12.8 Å². The zero-order valence-electron chi connectivity index (χ0n) is 22.6. The molecule has 0 heterocycles. The van der Waals surface area contributed by atoms with Crippen LogP contribution in [-0.2, 0) is 27.2 Å². The Bertz CT molecular complexity index is 1010. The van der Waals surface area contributed by atoms with Crippen molar-refractivity contribution in [1.82, 2.24) is 21.3 Å². The van der Waals surface area contributed by atoms with E-state index in [2.05, 4.69) is 42.3 Å². The molecule has 9 heteroatoms. The van der Waals surface area contributed by atoms with Gasteiger partial charge in [-0.3, -0.25) is 14.4 Å². The molecule has 2 aromatic carbocycles. The van der Waals surface area contributed by atoms with E-state index in [4.69, 9.17) is 0 Å². The Hall–Kier alpha value is -3.43. The van der Waals surface area contributed by atoms with Crippen molar-refractivity contribution >= 4 is 17.7 Å². The Morgan fingerprint density at radius 2 is 1.51 bits per heavy atom. The number of carbonyl (C=O) groups is 3. The average molecular weight is 513 g/mol.